The molecule has 0 bridgehead atoms. The highest BCUT2D eigenvalue weighted by Gasteiger charge is 2.25. The summed E-state index contributed by atoms with van der Waals surface area (Å²) in [6, 6.07) is 5.22. The third-order valence-corrected chi connectivity index (χ3v) is 7.73. The highest BCUT2D eigenvalue weighted by Crippen LogP contribution is 2.31. The van der Waals surface area contributed by atoms with Crippen molar-refractivity contribution in [2.75, 3.05) is 24.6 Å². The molecule has 22 heavy (non-hydrogen) atoms. The zero-order chi connectivity index (χ0) is 16.3. The van der Waals surface area contributed by atoms with E-state index < -0.39 is 8.80 Å². The van der Waals surface area contributed by atoms with Crippen LogP contribution < -0.4 is 4.90 Å². The number of hydrogen-bond donors (Lipinski definition) is 0. The van der Waals surface area contributed by atoms with E-state index in [2.05, 4.69) is 53.8 Å². The lowest BCUT2D eigenvalue weighted by atomic mass is 10.2. The van der Waals surface area contributed by atoms with Gasteiger partial charge in [0.2, 0.25) is 0 Å². The Hall–Kier alpha value is -0.813. The second-order valence-electron chi connectivity index (χ2n) is 6.63. The fourth-order valence-electron chi connectivity index (χ4n) is 2.16. The van der Waals surface area contributed by atoms with E-state index in [0.29, 0.717) is 12.2 Å². The monoisotopic (exact) mass is 384 g/mol. The Morgan fingerprint density at radius 1 is 1.36 bits per heavy atom. The molecule has 1 aromatic rings. The molecular weight excluding hydrogens is 361 g/mol. The quantitative estimate of drug-likeness (QED) is 0.644. The van der Waals surface area contributed by atoms with Gasteiger partial charge in [-0.25, -0.2) is 4.39 Å². The van der Waals surface area contributed by atoms with Gasteiger partial charge in [0.15, 0.2) is 0 Å². The number of nitrogens with zero attached hydrogens (tertiary/aromatic N) is 1. The van der Waals surface area contributed by atoms with Crippen LogP contribution in [-0.2, 0) is 4.74 Å². The van der Waals surface area contributed by atoms with E-state index in [1.54, 1.807) is 0 Å². The topological polar surface area (TPSA) is 12.5 Å². The van der Waals surface area contributed by atoms with Gasteiger partial charge in [-0.15, -0.1) is 0 Å². The first-order valence-corrected chi connectivity index (χ1v) is 10.9. The van der Waals surface area contributed by atoms with Crippen molar-refractivity contribution in [3.63, 3.8) is 0 Å². The first kappa shape index (κ1) is 17.5. The van der Waals surface area contributed by atoms with Crippen LogP contribution in [0, 0.1) is 5.82 Å². The van der Waals surface area contributed by atoms with E-state index in [0.717, 1.165) is 29.8 Å². The number of benzene rings is 1. The standard InChI is InChI=1S/C17H24BrFNOSi/c1-17(2,22(3)4)12-21-14-7-9-20(10-8-14)16-6-5-13(18)11-15(16)19/h5-7,11H,8-10,12H2,1-4H3. The van der Waals surface area contributed by atoms with E-state index in [-0.39, 0.29) is 10.9 Å². The van der Waals surface area contributed by atoms with Crippen LogP contribution in [0.4, 0.5) is 10.1 Å². The van der Waals surface area contributed by atoms with Crippen LogP contribution in [-0.4, -0.2) is 28.5 Å². The van der Waals surface area contributed by atoms with Crippen LogP contribution in [0.5, 0.6) is 0 Å². The molecule has 0 saturated heterocycles. The van der Waals surface area contributed by atoms with Crippen molar-refractivity contribution >= 4 is 30.4 Å². The first-order valence-electron chi connectivity index (χ1n) is 7.62. The van der Waals surface area contributed by atoms with Crippen LogP contribution in [0.3, 0.4) is 0 Å². The molecule has 5 heteroatoms. The van der Waals surface area contributed by atoms with E-state index >= 15 is 0 Å². The molecule has 1 aromatic carbocycles. The van der Waals surface area contributed by atoms with Crippen LogP contribution >= 0.6 is 15.9 Å². The van der Waals surface area contributed by atoms with Gasteiger partial charge in [-0.3, -0.25) is 0 Å². The van der Waals surface area contributed by atoms with Gasteiger partial charge in [-0.2, -0.15) is 0 Å². The molecule has 0 aromatic heterocycles. The maximum atomic E-state index is 14.0. The second-order valence-corrected chi connectivity index (χ2v) is 10.9. The zero-order valence-electron chi connectivity index (χ0n) is 13.7. The molecule has 0 fully saturated rings. The SMILES string of the molecule is C[Si](C)C(C)(C)COC1=CCN(c2ccc(Br)cc2F)CC1. The normalized spacial score (nSPS) is 16.0. The lowest BCUT2D eigenvalue weighted by Crippen LogP contribution is -2.31. The van der Waals surface area contributed by atoms with Crippen LogP contribution in [0.1, 0.15) is 20.3 Å². The number of ether oxygens (including phenoxy) is 1. The van der Waals surface area contributed by atoms with Crippen molar-refractivity contribution in [1.29, 1.82) is 0 Å². The molecule has 0 atom stereocenters. The van der Waals surface area contributed by atoms with Crippen LogP contribution in [0.15, 0.2) is 34.5 Å². The van der Waals surface area contributed by atoms with Crippen molar-refractivity contribution in [2.45, 2.75) is 38.4 Å². The van der Waals surface area contributed by atoms with E-state index in [1.165, 1.54) is 6.07 Å². The Morgan fingerprint density at radius 3 is 2.64 bits per heavy atom. The smallest absolute Gasteiger partial charge is 0.147 e. The van der Waals surface area contributed by atoms with Gasteiger partial charge in [0, 0.05) is 24.0 Å². The highest BCUT2D eigenvalue weighted by molar-refractivity contribution is 9.10. The predicted octanol–water partition coefficient (Wildman–Crippen LogP) is 5.23. The molecule has 1 radical (unpaired) electrons. The third-order valence-electron chi connectivity index (χ3n) is 4.39. The van der Waals surface area contributed by atoms with Crippen molar-refractivity contribution in [3.8, 4) is 0 Å². The first-order chi connectivity index (χ1) is 10.3. The minimum Gasteiger partial charge on any atom is -0.498 e. The Balaban J connectivity index is 1.95. The largest absolute Gasteiger partial charge is 0.498 e. The molecule has 2 nitrogen and oxygen atoms in total. The summed E-state index contributed by atoms with van der Waals surface area (Å²) in [5, 5.41) is 0.264. The van der Waals surface area contributed by atoms with Gasteiger partial charge in [0.25, 0.3) is 0 Å². The summed E-state index contributed by atoms with van der Waals surface area (Å²) in [5.74, 6) is 0.863. The second kappa shape index (κ2) is 7.17. The molecule has 0 N–H and O–H groups in total. The average molecular weight is 385 g/mol. The van der Waals surface area contributed by atoms with Crippen molar-refractivity contribution in [1.82, 2.24) is 0 Å². The Bertz CT molecular complexity index is 560. The van der Waals surface area contributed by atoms with Gasteiger partial charge in [0.05, 0.1) is 26.9 Å². The van der Waals surface area contributed by atoms with Crippen LogP contribution in [0.25, 0.3) is 0 Å². The predicted molar refractivity (Wildman–Crippen MR) is 96.5 cm³/mol. The maximum absolute atomic E-state index is 14.0. The van der Waals surface area contributed by atoms with Crippen molar-refractivity contribution in [2.24, 2.45) is 0 Å². The Kier molecular flexibility index (Phi) is 5.72. The summed E-state index contributed by atoms with van der Waals surface area (Å²) >= 11 is 3.29. The maximum Gasteiger partial charge on any atom is 0.147 e. The van der Waals surface area contributed by atoms with Gasteiger partial charge < -0.3 is 9.64 Å². The van der Waals surface area contributed by atoms with Crippen LogP contribution in [0.2, 0.25) is 18.1 Å². The minimum absolute atomic E-state index is 0.183. The summed E-state index contributed by atoms with van der Waals surface area (Å²) in [4.78, 5) is 2.05. The minimum atomic E-state index is -0.391. The molecule has 0 saturated carbocycles. The van der Waals surface area contributed by atoms with Gasteiger partial charge in [-0.1, -0.05) is 42.9 Å². The molecule has 0 amide bonds. The van der Waals surface area contributed by atoms with Crippen molar-refractivity contribution in [3.05, 3.63) is 40.3 Å². The Labute approximate surface area is 143 Å². The molecule has 0 spiro atoms. The molecule has 0 aliphatic carbocycles. The van der Waals surface area contributed by atoms with E-state index in [1.807, 2.05) is 12.1 Å². The molecule has 1 aliphatic rings. The van der Waals surface area contributed by atoms with E-state index in [4.69, 9.17) is 4.74 Å². The number of hydrogen-bond acceptors (Lipinski definition) is 2. The summed E-state index contributed by atoms with van der Waals surface area (Å²) in [6.07, 6.45) is 2.92. The molecule has 121 valence electrons. The summed E-state index contributed by atoms with van der Waals surface area (Å²) < 4.78 is 20.8. The number of anilines is 1. The van der Waals surface area contributed by atoms with Gasteiger partial charge in [0.1, 0.15) is 5.82 Å². The molecule has 2 rings (SSSR count). The fraction of sp³-hybridized carbons (Fsp3) is 0.529. The fourth-order valence-corrected chi connectivity index (χ4v) is 2.85. The summed E-state index contributed by atoms with van der Waals surface area (Å²) in [5.41, 5.74) is 0.659. The Morgan fingerprint density at radius 2 is 2.09 bits per heavy atom. The third kappa shape index (κ3) is 4.35. The molecule has 1 heterocycles. The van der Waals surface area contributed by atoms with Gasteiger partial charge >= 0.3 is 0 Å². The van der Waals surface area contributed by atoms with Crippen molar-refractivity contribution < 1.29 is 9.13 Å². The highest BCUT2D eigenvalue weighted by atomic mass is 79.9. The lowest BCUT2D eigenvalue weighted by molar-refractivity contribution is 0.173. The summed E-state index contributed by atoms with van der Waals surface area (Å²) in [6.45, 7) is 11.4. The molecule has 0 unspecified atom stereocenters. The van der Waals surface area contributed by atoms with Gasteiger partial charge in [-0.05, 0) is 29.3 Å². The number of halogens is 2. The van der Waals surface area contributed by atoms with E-state index in [9.17, 15) is 4.39 Å². The lowest BCUT2D eigenvalue weighted by Gasteiger charge is -2.32. The average Bonchev–Trinajstić information content (AvgIpc) is 2.46. The molecule has 1 aliphatic heterocycles. The summed E-state index contributed by atoms with van der Waals surface area (Å²) in [7, 11) is -0.391. The number of rotatable bonds is 5. The molecular formula is C17H24BrFNOSi. The zero-order valence-corrected chi connectivity index (χ0v) is 16.3.